The van der Waals surface area contributed by atoms with Crippen LogP contribution >= 0.6 is 0 Å². The highest BCUT2D eigenvalue weighted by Crippen LogP contribution is 2.35. The SMILES string of the molecule is C[C@@H]1[C@H](c2ccccc2)OC(=O)N1C(=O)[C@H](CC#N)c1ccccc1F. The lowest BCUT2D eigenvalue weighted by molar-refractivity contribution is -0.130. The van der Waals surface area contributed by atoms with Crippen molar-refractivity contribution < 1.29 is 18.7 Å². The first-order valence-corrected chi connectivity index (χ1v) is 8.24. The van der Waals surface area contributed by atoms with Crippen LogP contribution in [-0.2, 0) is 9.53 Å². The van der Waals surface area contributed by atoms with E-state index in [1.807, 2.05) is 36.4 Å². The summed E-state index contributed by atoms with van der Waals surface area (Å²) in [6.07, 6.45) is -1.61. The third-order valence-corrected chi connectivity index (χ3v) is 4.51. The Kier molecular flexibility index (Phi) is 4.99. The largest absolute Gasteiger partial charge is 0.439 e. The number of nitriles is 1. The van der Waals surface area contributed by atoms with Crippen LogP contribution in [0.5, 0.6) is 0 Å². The number of rotatable bonds is 4. The van der Waals surface area contributed by atoms with Crippen LogP contribution in [0.1, 0.15) is 36.5 Å². The lowest BCUT2D eigenvalue weighted by Gasteiger charge is -2.23. The first-order valence-electron chi connectivity index (χ1n) is 8.24. The van der Waals surface area contributed by atoms with Crippen molar-refractivity contribution in [3.05, 3.63) is 71.5 Å². The molecule has 1 fully saturated rings. The van der Waals surface area contributed by atoms with Crippen molar-refractivity contribution in [2.24, 2.45) is 0 Å². The Morgan fingerprint density at radius 2 is 1.88 bits per heavy atom. The van der Waals surface area contributed by atoms with Gasteiger partial charge in [-0.15, -0.1) is 0 Å². The van der Waals surface area contributed by atoms with Crippen LogP contribution in [0.4, 0.5) is 9.18 Å². The molecule has 0 aromatic heterocycles. The zero-order valence-corrected chi connectivity index (χ0v) is 14.1. The second kappa shape index (κ2) is 7.36. The fraction of sp³-hybridized carbons (Fsp3) is 0.250. The number of imide groups is 1. The van der Waals surface area contributed by atoms with Crippen LogP contribution in [0, 0.1) is 17.1 Å². The minimum absolute atomic E-state index is 0.0993. The molecule has 0 bridgehead atoms. The number of hydrogen-bond acceptors (Lipinski definition) is 4. The molecule has 3 atom stereocenters. The van der Waals surface area contributed by atoms with E-state index < -0.39 is 35.9 Å². The van der Waals surface area contributed by atoms with Gasteiger partial charge in [-0.05, 0) is 18.6 Å². The summed E-state index contributed by atoms with van der Waals surface area (Å²) in [7, 11) is 0. The van der Waals surface area contributed by atoms with Gasteiger partial charge in [0.1, 0.15) is 11.9 Å². The highest BCUT2D eigenvalue weighted by Gasteiger charge is 2.45. The molecular weight excluding hydrogens is 335 g/mol. The molecule has 0 radical (unpaired) electrons. The summed E-state index contributed by atoms with van der Waals surface area (Å²) in [6.45, 7) is 1.70. The van der Waals surface area contributed by atoms with E-state index in [2.05, 4.69) is 0 Å². The van der Waals surface area contributed by atoms with Crippen LogP contribution in [0.25, 0.3) is 0 Å². The van der Waals surface area contributed by atoms with Crippen molar-refractivity contribution in [2.45, 2.75) is 31.4 Å². The minimum Gasteiger partial charge on any atom is -0.439 e. The molecule has 6 heteroatoms. The Balaban J connectivity index is 1.91. The molecule has 5 nitrogen and oxygen atoms in total. The third-order valence-electron chi connectivity index (χ3n) is 4.51. The predicted molar refractivity (Wildman–Crippen MR) is 91.3 cm³/mol. The fourth-order valence-corrected chi connectivity index (χ4v) is 3.19. The molecule has 0 N–H and O–H groups in total. The van der Waals surface area contributed by atoms with Crippen molar-refractivity contribution >= 4 is 12.0 Å². The van der Waals surface area contributed by atoms with Crippen molar-refractivity contribution in [3.63, 3.8) is 0 Å². The molecule has 132 valence electrons. The second-order valence-electron chi connectivity index (χ2n) is 6.10. The predicted octanol–water partition coefficient (Wildman–Crippen LogP) is 3.93. The summed E-state index contributed by atoms with van der Waals surface area (Å²) < 4.78 is 19.5. The number of halogens is 1. The molecule has 0 spiro atoms. The summed E-state index contributed by atoms with van der Waals surface area (Å²) >= 11 is 0. The maximum Gasteiger partial charge on any atom is 0.417 e. The standard InChI is InChI=1S/C20H17FN2O3/c1-13-18(14-7-3-2-4-8-14)26-20(25)23(13)19(24)16(11-12-22)15-9-5-6-10-17(15)21/h2-10,13,16,18H,11H2,1H3/t13-,16-,18-/m1/s1. The van der Waals surface area contributed by atoms with Crippen molar-refractivity contribution in [3.8, 4) is 6.07 Å². The highest BCUT2D eigenvalue weighted by atomic mass is 19.1. The van der Waals surface area contributed by atoms with Gasteiger partial charge < -0.3 is 4.74 Å². The molecule has 1 saturated heterocycles. The van der Waals surface area contributed by atoms with Gasteiger partial charge in [0, 0.05) is 5.56 Å². The number of hydrogen-bond donors (Lipinski definition) is 0. The molecular formula is C20H17FN2O3. The van der Waals surface area contributed by atoms with E-state index in [1.54, 1.807) is 13.0 Å². The van der Waals surface area contributed by atoms with E-state index in [0.29, 0.717) is 0 Å². The summed E-state index contributed by atoms with van der Waals surface area (Å²) in [5.41, 5.74) is 0.869. The summed E-state index contributed by atoms with van der Waals surface area (Å²) in [5.74, 6) is -2.28. The van der Waals surface area contributed by atoms with Gasteiger partial charge in [-0.3, -0.25) is 4.79 Å². The third kappa shape index (κ3) is 3.16. The van der Waals surface area contributed by atoms with Crippen LogP contribution < -0.4 is 0 Å². The molecule has 26 heavy (non-hydrogen) atoms. The van der Waals surface area contributed by atoms with Gasteiger partial charge in [-0.25, -0.2) is 14.1 Å². The average molecular weight is 352 g/mol. The molecule has 0 unspecified atom stereocenters. The minimum atomic E-state index is -1.06. The van der Waals surface area contributed by atoms with Crippen molar-refractivity contribution in [2.75, 3.05) is 0 Å². The van der Waals surface area contributed by atoms with Crippen LogP contribution in [-0.4, -0.2) is 22.9 Å². The van der Waals surface area contributed by atoms with Gasteiger partial charge in [0.05, 0.1) is 24.4 Å². The first-order chi connectivity index (χ1) is 12.5. The van der Waals surface area contributed by atoms with Crippen LogP contribution in [0.2, 0.25) is 0 Å². The number of nitrogens with zero attached hydrogens (tertiary/aromatic N) is 2. The van der Waals surface area contributed by atoms with Crippen molar-refractivity contribution in [1.82, 2.24) is 4.90 Å². The van der Waals surface area contributed by atoms with E-state index in [4.69, 9.17) is 10.00 Å². The molecule has 2 aromatic rings. The lowest BCUT2D eigenvalue weighted by atomic mass is 9.93. The number of amides is 2. The lowest BCUT2D eigenvalue weighted by Crippen LogP contribution is -2.41. The smallest absolute Gasteiger partial charge is 0.417 e. The maximum absolute atomic E-state index is 14.1. The molecule has 1 heterocycles. The van der Waals surface area contributed by atoms with Crippen LogP contribution in [0.3, 0.4) is 0 Å². The molecule has 1 aliphatic rings. The Morgan fingerprint density at radius 3 is 2.54 bits per heavy atom. The molecule has 2 aromatic carbocycles. The molecule has 1 aliphatic heterocycles. The molecule has 2 amide bonds. The van der Waals surface area contributed by atoms with Crippen molar-refractivity contribution in [1.29, 1.82) is 5.26 Å². The van der Waals surface area contributed by atoms with E-state index >= 15 is 0 Å². The quantitative estimate of drug-likeness (QED) is 0.836. The summed E-state index contributed by atoms with van der Waals surface area (Å²) in [6, 6.07) is 16.2. The fourth-order valence-electron chi connectivity index (χ4n) is 3.19. The second-order valence-corrected chi connectivity index (χ2v) is 6.10. The first kappa shape index (κ1) is 17.6. The van der Waals surface area contributed by atoms with Gasteiger partial charge in [-0.1, -0.05) is 48.5 Å². The normalized spacial score (nSPS) is 20.3. The number of benzene rings is 2. The average Bonchev–Trinajstić information content (AvgIpc) is 2.95. The monoisotopic (exact) mass is 352 g/mol. The summed E-state index contributed by atoms with van der Waals surface area (Å²) in [5, 5.41) is 9.08. The van der Waals surface area contributed by atoms with Crippen LogP contribution in [0.15, 0.2) is 54.6 Å². The molecule has 0 saturated carbocycles. The topological polar surface area (TPSA) is 70.4 Å². The Hall–Kier alpha value is -3.20. The van der Waals surface area contributed by atoms with E-state index in [0.717, 1.165) is 10.5 Å². The van der Waals surface area contributed by atoms with E-state index in [-0.39, 0.29) is 12.0 Å². The van der Waals surface area contributed by atoms with Gasteiger partial charge in [0.15, 0.2) is 0 Å². The molecule has 0 aliphatic carbocycles. The number of carbonyl (C=O) groups is 2. The Bertz CT molecular complexity index is 863. The van der Waals surface area contributed by atoms with Gasteiger partial charge in [0.25, 0.3) is 0 Å². The Labute approximate surface area is 150 Å². The van der Waals surface area contributed by atoms with Gasteiger partial charge in [0.2, 0.25) is 5.91 Å². The van der Waals surface area contributed by atoms with Gasteiger partial charge >= 0.3 is 6.09 Å². The van der Waals surface area contributed by atoms with E-state index in [1.165, 1.54) is 18.2 Å². The molecule has 3 rings (SSSR count). The van der Waals surface area contributed by atoms with E-state index in [9.17, 15) is 14.0 Å². The zero-order chi connectivity index (χ0) is 18.7. The number of carbonyl (C=O) groups excluding carboxylic acids is 2. The number of ether oxygens (including phenoxy) is 1. The van der Waals surface area contributed by atoms with Gasteiger partial charge in [-0.2, -0.15) is 5.26 Å². The zero-order valence-electron chi connectivity index (χ0n) is 14.1. The Morgan fingerprint density at radius 1 is 1.23 bits per heavy atom. The number of cyclic esters (lactones) is 1. The highest BCUT2D eigenvalue weighted by molar-refractivity contribution is 5.97. The maximum atomic E-state index is 14.1. The summed E-state index contributed by atoms with van der Waals surface area (Å²) in [4.78, 5) is 26.3.